The van der Waals surface area contributed by atoms with Gasteiger partial charge >= 0.3 is 0 Å². The largest absolute Gasteiger partial charge is 0.208 e. The SMILES string of the molecule is CC1(C)c2ccccc2-c2cc3c(cc21)-c1ccc(-c2ccc(-c4nc(-c5ccccc5)nc(-c5ccccc5)n4)cc2)cc1C3(C)C. The third-order valence-electron chi connectivity index (χ3n) is 10.6. The molecule has 0 aliphatic heterocycles. The Morgan fingerprint density at radius 3 is 1.27 bits per heavy atom. The number of fused-ring (bicyclic) bond motifs is 6. The molecule has 3 nitrogen and oxygen atoms in total. The summed E-state index contributed by atoms with van der Waals surface area (Å²) in [6, 6.07) is 49.7. The van der Waals surface area contributed by atoms with Crippen molar-refractivity contribution in [1.82, 2.24) is 15.0 Å². The summed E-state index contributed by atoms with van der Waals surface area (Å²) in [6.07, 6.45) is 0. The molecule has 2 aliphatic rings. The number of benzene rings is 6. The third kappa shape index (κ3) is 4.31. The van der Waals surface area contributed by atoms with Crippen molar-refractivity contribution < 1.29 is 0 Å². The second kappa shape index (κ2) is 10.4. The Kier molecular flexibility index (Phi) is 6.20. The zero-order chi connectivity index (χ0) is 32.6. The zero-order valence-corrected chi connectivity index (χ0v) is 27.6. The second-order valence-corrected chi connectivity index (χ2v) is 14.1. The minimum absolute atomic E-state index is 0.0161. The molecule has 0 unspecified atom stereocenters. The van der Waals surface area contributed by atoms with E-state index in [2.05, 4.69) is 107 Å². The highest BCUT2D eigenvalue weighted by molar-refractivity contribution is 5.90. The summed E-state index contributed by atoms with van der Waals surface area (Å²) in [6.45, 7) is 9.47. The molecule has 0 saturated carbocycles. The van der Waals surface area contributed by atoms with E-state index in [9.17, 15) is 0 Å². The third-order valence-corrected chi connectivity index (χ3v) is 10.6. The molecule has 3 heteroatoms. The molecule has 48 heavy (non-hydrogen) atoms. The Morgan fingerprint density at radius 2 is 0.708 bits per heavy atom. The van der Waals surface area contributed by atoms with Crippen LogP contribution < -0.4 is 0 Å². The Morgan fingerprint density at radius 1 is 0.312 bits per heavy atom. The maximum absolute atomic E-state index is 4.92. The summed E-state index contributed by atoms with van der Waals surface area (Å²) in [4.78, 5) is 14.7. The van der Waals surface area contributed by atoms with Crippen molar-refractivity contribution in [2.45, 2.75) is 38.5 Å². The first-order valence-electron chi connectivity index (χ1n) is 16.7. The predicted octanol–water partition coefficient (Wildman–Crippen LogP) is 11.2. The second-order valence-electron chi connectivity index (χ2n) is 14.1. The fourth-order valence-corrected chi connectivity index (χ4v) is 7.86. The maximum atomic E-state index is 4.92. The first kappa shape index (κ1) is 28.5. The molecular weight excluding hydrogens is 583 g/mol. The molecule has 9 rings (SSSR count). The topological polar surface area (TPSA) is 38.7 Å². The quantitative estimate of drug-likeness (QED) is 0.197. The van der Waals surface area contributed by atoms with Crippen molar-refractivity contribution in [2.24, 2.45) is 0 Å². The first-order chi connectivity index (χ1) is 23.3. The van der Waals surface area contributed by atoms with E-state index in [1.165, 1.54) is 55.6 Å². The fourth-order valence-electron chi connectivity index (χ4n) is 7.86. The molecule has 6 aromatic carbocycles. The van der Waals surface area contributed by atoms with Gasteiger partial charge in [0.05, 0.1) is 0 Å². The average molecular weight is 618 g/mol. The van der Waals surface area contributed by atoms with Gasteiger partial charge in [-0.05, 0) is 73.8 Å². The lowest BCUT2D eigenvalue weighted by Gasteiger charge is -2.24. The molecule has 0 saturated heterocycles. The van der Waals surface area contributed by atoms with Crippen LogP contribution in [0, 0.1) is 0 Å². The van der Waals surface area contributed by atoms with E-state index in [1.807, 2.05) is 60.7 Å². The molecule has 1 aromatic heterocycles. The van der Waals surface area contributed by atoms with Gasteiger partial charge in [-0.25, -0.2) is 15.0 Å². The number of hydrogen-bond donors (Lipinski definition) is 0. The van der Waals surface area contributed by atoms with Gasteiger partial charge in [-0.2, -0.15) is 0 Å². The van der Waals surface area contributed by atoms with Crippen LogP contribution in [-0.2, 0) is 10.8 Å². The van der Waals surface area contributed by atoms with E-state index >= 15 is 0 Å². The van der Waals surface area contributed by atoms with Gasteiger partial charge < -0.3 is 0 Å². The lowest BCUT2D eigenvalue weighted by molar-refractivity contribution is 0.652. The molecule has 7 aromatic rings. The Labute approximate surface area is 282 Å². The van der Waals surface area contributed by atoms with Gasteiger partial charge in [0.25, 0.3) is 0 Å². The van der Waals surface area contributed by atoms with Crippen molar-refractivity contribution in [1.29, 1.82) is 0 Å². The van der Waals surface area contributed by atoms with E-state index in [1.54, 1.807) is 0 Å². The van der Waals surface area contributed by atoms with Gasteiger partial charge in [0, 0.05) is 27.5 Å². The summed E-state index contributed by atoms with van der Waals surface area (Å²) in [7, 11) is 0. The van der Waals surface area contributed by atoms with Gasteiger partial charge in [0.1, 0.15) is 0 Å². The average Bonchev–Trinajstić information content (AvgIpc) is 3.50. The van der Waals surface area contributed by atoms with Crippen LogP contribution in [0.3, 0.4) is 0 Å². The van der Waals surface area contributed by atoms with Crippen LogP contribution in [0.1, 0.15) is 49.9 Å². The molecule has 0 N–H and O–H groups in total. The lowest BCUT2D eigenvalue weighted by atomic mass is 9.79. The van der Waals surface area contributed by atoms with Gasteiger partial charge in [-0.3, -0.25) is 0 Å². The van der Waals surface area contributed by atoms with Gasteiger partial charge in [0.2, 0.25) is 0 Å². The van der Waals surface area contributed by atoms with Crippen LogP contribution in [0.15, 0.2) is 140 Å². The van der Waals surface area contributed by atoms with Crippen molar-refractivity contribution in [3.8, 4) is 67.5 Å². The summed E-state index contributed by atoms with van der Waals surface area (Å²) >= 11 is 0. The van der Waals surface area contributed by atoms with E-state index in [0.29, 0.717) is 17.5 Å². The van der Waals surface area contributed by atoms with Gasteiger partial charge in [-0.1, -0.05) is 149 Å². The van der Waals surface area contributed by atoms with Crippen LogP contribution in [0.25, 0.3) is 67.5 Å². The molecule has 0 amide bonds. The molecule has 0 radical (unpaired) electrons. The van der Waals surface area contributed by atoms with E-state index in [0.717, 1.165) is 16.7 Å². The lowest BCUT2D eigenvalue weighted by Crippen LogP contribution is -2.17. The predicted molar refractivity (Wildman–Crippen MR) is 197 cm³/mol. The smallest absolute Gasteiger partial charge is 0.164 e. The molecule has 230 valence electrons. The zero-order valence-electron chi connectivity index (χ0n) is 27.6. The minimum Gasteiger partial charge on any atom is -0.208 e. The van der Waals surface area contributed by atoms with Gasteiger partial charge in [0.15, 0.2) is 17.5 Å². The highest BCUT2D eigenvalue weighted by Gasteiger charge is 2.41. The van der Waals surface area contributed by atoms with Crippen LogP contribution in [0.4, 0.5) is 0 Å². The van der Waals surface area contributed by atoms with Crippen LogP contribution in [0.2, 0.25) is 0 Å². The normalized spacial score (nSPS) is 14.6. The van der Waals surface area contributed by atoms with Gasteiger partial charge in [-0.15, -0.1) is 0 Å². The highest BCUT2D eigenvalue weighted by Crippen LogP contribution is 2.56. The summed E-state index contributed by atoms with van der Waals surface area (Å²) in [5, 5.41) is 0. The molecular formula is C45H35N3. The molecule has 0 atom stereocenters. The van der Waals surface area contributed by atoms with E-state index < -0.39 is 0 Å². The standard InChI is InChI=1S/C45H35N3/c1-44(2)37-18-12-11-17-33(37)35-26-40-36(27-39(35)44)34-24-23-32(25-38(34)45(40,3)4)28-19-21-31(22-20-28)43-47-41(29-13-7-5-8-14-29)46-42(48-43)30-15-9-6-10-16-30/h5-27H,1-4H3. The number of rotatable bonds is 4. The molecule has 1 heterocycles. The van der Waals surface area contributed by atoms with Crippen molar-refractivity contribution in [3.63, 3.8) is 0 Å². The Bertz CT molecular complexity index is 2310. The van der Waals surface area contributed by atoms with E-state index in [4.69, 9.17) is 15.0 Å². The number of nitrogens with zero attached hydrogens (tertiary/aromatic N) is 3. The molecule has 0 spiro atoms. The van der Waals surface area contributed by atoms with Crippen molar-refractivity contribution in [2.75, 3.05) is 0 Å². The molecule has 0 fully saturated rings. The van der Waals surface area contributed by atoms with Crippen LogP contribution in [-0.4, -0.2) is 15.0 Å². The van der Waals surface area contributed by atoms with Crippen molar-refractivity contribution >= 4 is 0 Å². The van der Waals surface area contributed by atoms with Crippen LogP contribution >= 0.6 is 0 Å². The fraction of sp³-hybridized carbons (Fsp3) is 0.133. The number of hydrogen-bond acceptors (Lipinski definition) is 3. The van der Waals surface area contributed by atoms with Crippen LogP contribution in [0.5, 0.6) is 0 Å². The summed E-state index contributed by atoms with van der Waals surface area (Å²) in [5.74, 6) is 2.00. The summed E-state index contributed by atoms with van der Waals surface area (Å²) in [5.41, 5.74) is 16.3. The first-order valence-corrected chi connectivity index (χ1v) is 16.7. The molecule has 0 bridgehead atoms. The summed E-state index contributed by atoms with van der Waals surface area (Å²) < 4.78 is 0. The van der Waals surface area contributed by atoms with E-state index in [-0.39, 0.29) is 10.8 Å². The highest BCUT2D eigenvalue weighted by atomic mass is 15.0. The Balaban J connectivity index is 1.09. The minimum atomic E-state index is -0.107. The maximum Gasteiger partial charge on any atom is 0.164 e. The number of aromatic nitrogens is 3. The van der Waals surface area contributed by atoms with Crippen molar-refractivity contribution in [3.05, 3.63) is 162 Å². The Hall–Kier alpha value is -5.67. The monoisotopic (exact) mass is 617 g/mol. The molecule has 2 aliphatic carbocycles.